The summed E-state index contributed by atoms with van der Waals surface area (Å²) in [6.45, 7) is 0. The van der Waals surface area contributed by atoms with Gasteiger partial charge in [0.25, 0.3) is 8.07 Å². The van der Waals surface area contributed by atoms with Gasteiger partial charge in [-0.25, -0.2) is 0 Å². The highest BCUT2D eigenvalue weighted by molar-refractivity contribution is 7.13. The molecule has 104 valence electrons. The van der Waals surface area contributed by atoms with Gasteiger partial charge in [0.2, 0.25) is 0 Å². The Bertz CT molecular complexity index is 624. The van der Waals surface area contributed by atoms with Crippen LogP contribution in [0.3, 0.4) is 0 Å². The molecule has 0 aromatic heterocycles. The summed E-state index contributed by atoms with van der Waals surface area (Å²) >= 11 is 0. The molecule has 2 rings (SSSR count). The standard InChI is InChI=1S/C18H16O2Si/c1-5-21(6-2,17-11-7-15(19-3)8-12-17)18-13-9-16(20-4)10-14-18/h1-2,7-14H,3-4H3. The van der Waals surface area contributed by atoms with E-state index in [4.69, 9.17) is 22.3 Å². The minimum Gasteiger partial charge on any atom is -0.497 e. The van der Waals surface area contributed by atoms with Gasteiger partial charge in [-0.2, -0.15) is 0 Å². The minimum atomic E-state index is -2.62. The lowest BCUT2D eigenvalue weighted by Gasteiger charge is -2.21. The van der Waals surface area contributed by atoms with Gasteiger partial charge >= 0.3 is 0 Å². The van der Waals surface area contributed by atoms with Crippen molar-refractivity contribution < 1.29 is 9.47 Å². The molecule has 0 unspecified atom stereocenters. The maximum absolute atomic E-state index is 5.83. The molecule has 0 fully saturated rings. The van der Waals surface area contributed by atoms with Crippen molar-refractivity contribution in [3.05, 3.63) is 48.5 Å². The van der Waals surface area contributed by atoms with E-state index < -0.39 is 8.07 Å². The third kappa shape index (κ3) is 2.65. The van der Waals surface area contributed by atoms with Crippen LogP contribution in [0.2, 0.25) is 0 Å². The number of benzene rings is 2. The second-order valence-corrected chi connectivity index (χ2v) is 7.73. The molecule has 0 radical (unpaired) electrons. The number of hydrogen-bond acceptors (Lipinski definition) is 2. The van der Waals surface area contributed by atoms with Gasteiger partial charge in [-0.15, -0.1) is 23.9 Å². The van der Waals surface area contributed by atoms with E-state index in [0.717, 1.165) is 21.9 Å². The van der Waals surface area contributed by atoms with Gasteiger partial charge in [0.05, 0.1) is 14.2 Å². The molecule has 0 saturated heterocycles. The Hall–Kier alpha value is -2.62. The molecule has 0 bridgehead atoms. The molecule has 0 aliphatic carbocycles. The molecular formula is C18H16O2Si. The monoisotopic (exact) mass is 292 g/mol. The fourth-order valence-corrected chi connectivity index (χ4v) is 4.64. The molecule has 0 aliphatic rings. The van der Waals surface area contributed by atoms with Crippen LogP contribution in [0.25, 0.3) is 0 Å². The quantitative estimate of drug-likeness (QED) is 0.630. The molecule has 0 spiro atoms. The maximum atomic E-state index is 5.83. The van der Waals surface area contributed by atoms with Gasteiger partial charge < -0.3 is 9.47 Å². The number of hydrogen-bond donors (Lipinski definition) is 0. The average Bonchev–Trinajstić information content (AvgIpc) is 2.57. The van der Waals surface area contributed by atoms with Crippen LogP contribution in [-0.2, 0) is 0 Å². The van der Waals surface area contributed by atoms with Crippen LogP contribution < -0.4 is 19.8 Å². The summed E-state index contributed by atoms with van der Waals surface area (Å²) in [6, 6.07) is 15.4. The van der Waals surface area contributed by atoms with E-state index in [1.54, 1.807) is 14.2 Å². The van der Waals surface area contributed by atoms with Gasteiger partial charge in [0.15, 0.2) is 0 Å². The van der Waals surface area contributed by atoms with Crippen molar-refractivity contribution >= 4 is 18.4 Å². The Morgan fingerprint density at radius 2 is 1.05 bits per heavy atom. The van der Waals surface area contributed by atoms with E-state index in [0.29, 0.717) is 0 Å². The zero-order valence-corrected chi connectivity index (χ0v) is 13.1. The molecule has 2 nitrogen and oxygen atoms in total. The molecule has 0 aliphatic heterocycles. The highest BCUT2D eigenvalue weighted by Crippen LogP contribution is 2.12. The molecule has 3 heteroatoms. The van der Waals surface area contributed by atoms with Crippen LogP contribution in [-0.4, -0.2) is 22.3 Å². The van der Waals surface area contributed by atoms with Crippen LogP contribution >= 0.6 is 0 Å². The van der Waals surface area contributed by atoms with E-state index in [1.165, 1.54) is 0 Å². The largest absolute Gasteiger partial charge is 0.497 e. The second-order valence-electron chi connectivity index (χ2n) is 4.50. The van der Waals surface area contributed by atoms with Crippen LogP contribution in [0, 0.1) is 23.9 Å². The normalized spacial score (nSPS) is 10.3. The first-order valence-electron chi connectivity index (χ1n) is 6.44. The predicted molar refractivity (Wildman–Crippen MR) is 88.7 cm³/mol. The summed E-state index contributed by atoms with van der Waals surface area (Å²) in [6.07, 6.45) is 11.7. The predicted octanol–water partition coefficient (Wildman–Crippen LogP) is 1.61. The Balaban J connectivity index is 2.53. The first-order chi connectivity index (χ1) is 10.2. The number of ether oxygens (including phenoxy) is 2. The van der Waals surface area contributed by atoms with Gasteiger partial charge in [0.1, 0.15) is 11.5 Å². The van der Waals surface area contributed by atoms with Gasteiger partial charge in [-0.1, -0.05) is 24.3 Å². The zero-order chi connectivity index (χ0) is 15.3. The molecule has 0 saturated carbocycles. The van der Waals surface area contributed by atoms with Crippen molar-refractivity contribution in [1.29, 1.82) is 0 Å². The Labute approximate surface area is 126 Å². The van der Waals surface area contributed by atoms with E-state index in [2.05, 4.69) is 11.1 Å². The Morgan fingerprint density at radius 1 is 0.714 bits per heavy atom. The molecule has 0 heterocycles. The third-order valence-corrected chi connectivity index (χ3v) is 6.74. The van der Waals surface area contributed by atoms with Crippen molar-refractivity contribution in [3.8, 4) is 35.4 Å². The Morgan fingerprint density at radius 3 is 1.29 bits per heavy atom. The molecule has 0 atom stereocenters. The number of terminal acetylenes is 2. The van der Waals surface area contributed by atoms with Crippen LogP contribution in [0.1, 0.15) is 0 Å². The SMILES string of the molecule is C#C[Si](C#C)(c1ccc(OC)cc1)c1ccc(OC)cc1. The molecule has 0 N–H and O–H groups in total. The number of rotatable bonds is 4. The van der Waals surface area contributed by atoms with E-state index in [1.807, 2.05) is 48.5 Å². The van der Waals surface area contributed by atoms with Crippen molar-refractivity contribution in [2.75, 3.05) is 14.2 Å². The molecule has 0 amide bonds. The van der Waals surface area contributed by atoms with Gasteiger partial charge in [-0.05, 0) is 34.6 Å². The summed E-state index contributed by atoms with van der Waals surface area (Å²) in [4.78, 5) is 0. The summed E-state index contributed by atoms with van der Waals surface area (Å²) in [7, 11) is 0.638. The molecule has 21 heavy (non-hydrogen) atoms. The highest BCUT2D eigenvalue weighted by Gasteiger charge is 2.34. The van der Waals surface area contributed by atoms with Crippen LogP contribution in [0.15, 0.2) is 48.5 Å². The summed E-state index contributed by atoms with van der Waals surface area (Å²) in [5.41, 5.74) is 5.79. The first-order valence-corrected chi connectivity index (χ1v) is 8.44. The Kier molecular flexibility index (Phi) is 4.38. The summed E-state index contributed by atoms with van der Waals surface area (Å²) in [5, 5.41) is 2.00. The fourth-order valence-electron chi connectivity index (χ4n) is 2.22. The van der Waals surface area contributed by atoms with Crippen LogP contribution in [0.4, 0.5) is 0 Å². The first kappa shape index (κ1) is 14.8. The lowest BCUT2D eigenvalue weighted by molar-refractivity contribution is 0.415. The van der Waals surface area contributed by atoms with E-state index >= 15 is 0 Å². The van der Waals surface area contributed by atoms with Crippen molar-refractivity contribution in [1.82, 2.24) is 0 Å². The lowest BCUT2D eigenvalue weighted by Crippen LogP contribution is -2.56. The third-order valence-electron chi connectivity index (χ3n) is 3.48. The van der Waals surface area contributed by atoms with Crippen molar-refractivity contribution in [2.24, 2.45) is 0 Å². The summed E-state index contributed by atoms with van der Waals surface area (Å²) < 4.78 is 10.4. The van der Waals surface area contributed by atoms with Gasteiger partial charge in [0, 0.05) is 0 Å². The highest BCUT2D eigenvalue weighted by atomic mass is 28.3. The zero-order valence-electron chi connectivity index (χ0n) is 12.1. The smallest absolute Gasteiger partial charge is 0.275 e. The molecular weight excluding hydrogens is 276 g/mol. The van der Waals surface area contributed by atoms with Crippen molar-refractivity contribution in [3.63, 3.8) is 0 Å². The van der Waals surface area contributed by atoms with Crippen molar-refractivity contribution in [2.45, 2.75) is 0 Å². The second kappa shape index (κ2) is 6.22. The minimum absolute atomic E-state index is 0.783. The summed E-state index contributed by atoms with van der Waals surface area (Å²) in [5.74, 6) is 1.57. The average molecular weight is 292 g/mol. The lowest BCUT2D eigenvalue weighted by atomic mass is 10.3. The molecule has 2 aromatic carbocycles. The van der Waals surface area contributed by atoms with Gasteiger partial charge in [-0.3, -0.25) is 0 Å². The van der Waals surface area contributed by atoms with E-state index in [-0.39, 0.29) is 0 Å². The topological polar surface area (TPSA) is 18.5 Å². The maximum Gasteiger partial charge on any atom is 0.275 e. The molecule has 2 aromatic rings. The van der Waals surface area contributed by atoms with E-state index in [9.17, 15) is 0 Å². The number of methoxy groups -OCH3 is 2. The van der Waals surface area contributed by atoms with Crippen LogP contribution in [0.5, 0.6) is 11.5 Å². The fraction of sp³-hybridized carbons (Fsp3) is 0.111.